The monoisotopic (exact) mass is 440 g/mol. The topological polar surface area (TPSA) is 87.8 Å². The van der Waals surface area contributed by atoms with Gasteiger partial charge < -0.3 is 24.0 Å². The summed E-state index contributed by atoms with van der Waals surface area (Å²) in [5.74, 6) is 2.19. The molecule has 5 heterocycles. The summed E-state index contributed by atoms with van der Waals surface area (Å²) >= 11 is 1.56. The van der Waals surface area contributed by atoms with Crippen molar-refractivity contribution in [3.63, 3.8) is 0 Å². The average molecular weight is 441 g/mol. The molecule has 2 fully saturated rings. The first-order chi connectivity index (χ1) is 15.2. The van der Waals surface area contributed by atoms with E-state index in [1.165, 1.54) is 0 Å². The van der Waals surface area contributed by atoms with Crippen molar-refractivity contribution in [2.75, 3.05) is 62.3 Å². The van der Waals surface area contributed by atoms with E-state index in [2.05, 4.69) is 19.9 Å². The number of aryl methyl sites for hydroxylation is 1. The zero-order valence-electron chi connectivity index (χ0n) is 17.4. The van der Waals surface area contributed by atoms with Gasteiger partial charge in [0.2, 0.25) is 5.95 Å². The van der Waals surface area contributed by atoms with Gasteiger partial charge in [0.05, 0.1) is 18.1 Å². The highest BCUT2D eigenvalue weighted by Gasteiger charge is 2.26. The van der Waals surface area contributed by atoms with E-state index in [-0.39, 0.29) is 5.91 Å². The molecule has 31 heavy (non-hydrogen) atoms. The first kappa shape index (κ1) is 20.0. The molecule has 5 rings (SSSR count). The summed E-state index contributed by atoms with van der Waals surface area (Å²) in [7, 11) is 0. The Hall–Kier alpha value is -2.98. The molecule has 3 aromatic heterocycles. The molecule has 0 aromatic carbocycles. The maximum absolute atomic E-state index is 12.9. The van der Waals surface area contributed by atoms with Gasteiger partial charge in [0.1, 0.15) is 5.82 Å². The van der Waals surface area contributed by atoms with Crippen molar-refractivity contribution >= 4 is 29.0 Å². The molecule has 0 N–H and O–H groups in total. The number of carbonyl (C=O) groups is 1. The highest BCUT2D eigenvalue weighted by atomic mass is 32.1. The van der Waals surface area contributed by atoms with Crippen molar-refractivity contribution in [1.29, 1.82) is 0 Å². The second-order valence-corrected chi connectivity index (χ2v) is 8.55. The van der Waals surface area contributed by atoms with Crippen LogP contribution in [0.25, 0.3) is 10.6 Å². The minimum Gasteiger partial charge on any atom is -0.378 e. The van der Waals surface area contributed by atoms with Crippen molar-refractivity contribution in [2.45, 2.75) is 6.92 Å². The number of rotatable bonds is 4. The predicted molar refractivity (Wildman–Crippen MR) is 118 cm³/mol. The van der Waals surface area contributed by atoms with Gasteiger partial charge in [-0.3, -0.25) is 4.79 Å². The zero-order valence-corrected chi connectivity index (χ0v) is 18.2. The van der Waals surface area contributed by atoms with E-state index >= 15 is 0 Å². The molecule has 9 nitrogen and oxygen atoms in total. The summed E-state index contributed by atoms with van der Waals surface area (Å²) in [6.07, 6.45) is 0. The first-order valence-corrected chi connectivity index (χ1v) is 11.3. The highest BCUT2D eigenvalue weighted by Crippen LogP contribution is 2.26. The zero-order chi connectivity index (χ0) is 21.2. The van der Waals surface area contributed by atoms with Gasteiger partial charge in [0.25, 0.3) is 5.91 Å². The van der Waals surface area contributed by atoms with Gasteiger partial charge >= 0.3 is 0 Å². The summed E-state index contributed by atoms with van der Waals surface area (Å²) in [5.41, 5.74) is 1.29. The highest BCUT2D eigenvalue weighted by molar-refractivity contribution is 7.13. The Labute approximate surface area is 184 Å². The molecule has 0 atom stereocenters. The third-order valence-electron chi connectivity index (χ3n) is 5.51. The minimum atomic E-state index is -0.0981. The Morgan fingerprint density at radius 1 is 1.03 bits per heavy atom. The lowest BCUT2D eigenvalue weighted by atomic mass is 10.2. The fourth-order valence-corrected chi connectivity index (χ4v) is 4.49. The molecule has 1 amide bonds. The number of thiophene rings is 1. The number of aromatic nitrogens is 3. The Kier molecular flexibility index (Phi) is 5.56. The van der Waals surface area contributed by atoms with Crippen molar-refractivity contribution < 1.29 is 14.1 Å². The van der Waals surface area contributed by atoms with Crippen LogP contribution in [0.15, 0.2) is 34.2 Å². The number of hydrogen-bond donors (Lipinski definition) is 0. The second kappa shape index (κ2) is 8.64. The van der Waals surface area contributed by atoms with Crippen molar-refractivity contribution in [2.24, 2.45) is 0 Å². The van der Waals surface area contributed by atoms with Gasteiger partial charge in [-0.2, -0.15) is 4.98 Å². The molecule has 3 aromatic rings. The van der Waals surface area contributed by atoms with Gasteiger partial charge in [-0.05, 0) is 18.4 Å². The van der Waals surface area contributed by atoms with E-state index in [9.17, 15) is 4.79 Å². The van der Waals surface area contributed by atoms with Gasteiger partial charge in [-0.25, -0.2) is 4.98 Å². The molecule has 2 aliphatic rings. The molecular formula is C21H24N6O3S. The van der Waals surface area contributed by atoms with Gasteiger partial charge in [0, 0.05) is 57.1 Å². The van der Waals surface area contributed by atoms with Crippen molar-refractivity contribution in [3.05, 3.63) is 41.0 Å². The summed E-state index contributed by atoms with van der Waals surface area (Å²) in [6, 6.07) is 7.63. The molecule has 0 aliphatic carbocycles. The maximum atomic E-state index is 12.9. The smallest absolute Gasteiger partial charge is 0.276 e. The maximum Gasteiger partial charge on any atom is 0.276 e. The number of piperazine rings is 1. The molecular weight excluding hydrogens is 416 g/mol. The number of anilines is 2. The molecule has 0 bridgehead atoms. The van der Waals surface area contributed by atoms with Crippen LogP contribution in [0, 0.1) is 6.92 Å². The standard InChI is InChI=1S/C21H24N6O3S/c1-15-13-19(23-21(22-15)27-8-10-29-11-9-27)25-4-6-26(7-5-25)20(28)16-14-17(30-24-16)18-3-2-12-31-18/h2-3,12-14H,4-11H2,1H3. The SMILES string of the molecule is Cc1cc(N2CCN(C(=O)c3cc(-c4cccs4)on3)CC2)nc(N2CCOCC2)n1. The Bertz CT molecular complexity index is 1040. The average Bonchev–Trinajstić information content (AvgIpc) is 3.51. The summed E-state index contributed by atoms with van der Waals surface area (Å²) in [4.78, 5) is 29.5. The lowest BCUT2D eigenvalue weighted by molar-refractivity contribution is 0.0736. The Balaban J connectivity index is 1.24. The molecule has 0 unspecified atom stereocenters. The Morgan fingerprint density at radius 2 is 1.84 bits per heavy atom. The summed E-state index contributed by atoms with van der Waals surface area (Å²) in [5, 5.41) is 5.96. The minimum absolute atomic E-state index is 0.0981. The quantitative estimate of drug-likeness (QED) is 0.611. The molecule has 162 valence electrons. The number of hydrogen-bond acceptors (Lipinski definition) is 9. The van der Waals surface area contributed by atoms with Crippen LogP contribution in [-0.2, 0) is 4.74 Å². The lowest BCUT2D eigenvalue weighted by Crippen LogP contribution is -2.49. The van der Waals surface area contributed by atoms with Crippen LogP contribution in [-0.4, -0.2) is 78.4 Å². The van der Waals surface area contributed by atoms with E-state index in [1.807, 2.05) is 35.4 Å². The lowest BCUT2D eigenvalue weighted by Gasteiger charge is -2.35. The fraction of sp³-hybridized carbons (Fsp3) is 0.429. The van der Waals surface area contributed by atoms with Crippen LogP contribution >= 0.6 is 11.3 Å². The van der Waals surface area contributed by atoms with E-state index in [0.29, 0.717) is 50.8 Å². The number of carbonyl (C=O) groups excluding carboxylic acids is 1. The third kappa shape index (κ3) is 4.26. The number of ether oxygens (including phenoxy) is 1. The molecule has 0 saturated carbocycles. The van der Waals surface area contributed by atoms with Crippen LogP contribution < -0.4 is 9.80 Å². The molecule has 10 heteroatoms. The first-order valence-electron chi connectivity index (χ1n) is 10.4. The molecule has 2 saturated heterocycles. The van der Waals surface area contributed by atoms with Crippen molar-refractivity contribution in [1.82, 2.24) is 20.0 Å². The van der Waals surface area contributed by atoms with E-state index in [0.717, 1.165) is 35.4 Å². The second-order valence-electron chi connectivity index (χ2n) is 7.60. The van der Waals surface area contributed by atoms with Crippen molar-refractivity contribution in [3.8, 4) is 10.6 Å². The van der Waals surface area contributed by atoms with E-state index < -0.39 is 0 Å². The third-order valence-corrected chi connectivity index (χ3v) is 6.39. The van der Waals surface area contributed by atoms with Crippen LogP contribution in [0.3, 0.4) is 0 Å². The number of nitrogens with zero attached hydrogens (tertiary/aromatic N) is 6. The molecule has 0 radical (unpaired) electrons. The number of morpholine rings is 1. The van der Waals surface area contributed by atoms with E-state index in [4.69, 9.17) is 14.2 Å². The van der Waals surface area contributed by atoms with Crippen LogP contribution in [0.4, 0.5) is 11.8 Å². The van der Waals surface area contributed by atoms with Crippen LogP contribution in [0.1, 0.15) is 16.2 Å². The van der Waals surface area contributed by atoms with Crippen LogP contribution in [0.5, 0.6) is 0 Å². The normalized spacial score (nSPS) is 17.3. The largest absolute Gasteiger partial charge is 0.378 e. The summed E-state index contributed by atoms with van der Waals surface area (Å²) < 4.78 is 10.8. The molecule has 2 aliphatic heterocycles. The van der Waals surface area contributed by atoms with Gasteiger partial charge in [-0.15, -0.1) is 11.3 Å². The van der Waals surface area contributed by atoms with E-state index in [1.54, 1.807) is 17.4 Å². The summed E-state index contributed by atoms with van der Waals surface area (Å²) in [6.45, 7) is 7.62. The molecule has 0 spiro atoms. The Morgan fingerprint density at radius 3 is 2.58 bits per heavy atom. The van der Waals surface area contributed by atoms with Gasteiger partial charge in [0.15, 0.2) is 11.5 Å². The van der Waals surface area contributed by atoms with Crippen LogP contribution in [0.2, 0.25) is 0 Å². The predicted octanol–water partition coefficient (Wildman–Crippen LogP) is 2.30. The fourth-order valence-electron chi connectivity index (χ4n) is 3.81. The van der Waals surface area contributed by atoms with Gasteiger partial charge in [-0.1, -0.05) is 11.2 Å². The number of amides is 1.